The van der Waals surface area contributed by atoms with Crippen molar-refractivity contribution in [2.75, 3.05) is 25.1 Å². The second kappa shape index (κ2) is 8.91. The lowest BCUT2D eigenvalue weighted by molar-refractivity contribution is 0.0697. The molecule has 116 valence electrons. The van der Waals surface area contributed by atoms with Crippen molar-refractivity contribution in [3.8, 4) is 0 Å². The van der Waals surface area contributed by atoms with Gasteiger partial charge < -0.3 is 20.5 Å². The standard InChI is InChI=1S/C14H19FN2O4/c1-2-8-21-9-4-7-16-14(20)17-12-10(13(18)19)5-3-6-11(12)15/h3,5-6H,2,4,7-9H2,1H3,(H,18,19)(H2,16,17,20). The van der Waals surface area contributed by atoms with Crippen molar-refractivity contribution in [2.24, 2.45) is 0 Å². The summed E-state index contributed by atoms with van der Waals surface area (Å²) in [6.45, 7) is 3.55. The summed E-state index contributed by atoms with van der Waals surface area (Å²) in [7, 11) is 0. The van der Waals surface area contributed by atoms with Crippen LogP contribution < -0.4 is 10.6 Å². The van der Waals surface area contributed by atoms with E-state index in [9.17, 15) is 14.0 Å². The Morgan fingerprint density at radius 2 is 2.10 bits per heavy atom. The van der Waals surface area contributed by atoms with Gasteiger partial charge in [0.15, 0.2) is 0 Å². The number of anilines is 1. The minimum absolute atomic E-state index is 0.295. The number of hydrogen-bond donors (Lipinski definition) is 3. The Kier molecular flexibility index (Phi) is 7.17. The highest BCUT2D eigenvalue weighted by Crippen LogP contribution is 2.19. The van der Waals surface area contributed by atoms with Gasteiger partial charge in [-0.3, -0.25) is 0 Å². The smallest absolute Gasteiger partial charge is 0.337 e. The Balaban J connectivity index is 2.46. The largest absolute Gasteiger partial charge is 0.478 e. The van der Waals surface area contributed by atoms with Gasteiger partial charge in [-0.1, -0.05) is 13.0 Å². The minimum atomic E-state index is -1.31. The van der Waals surface area contributed by atoms with Crippen molar-refractivity contribution in [3.05, 3.63) is 29.6 Å². The molecule has 0 aliphatic heterocycles. The molecule has 0 atom stereocenters. The number of carbonyl (C=O) groups is 2. The Labute approximate surface area is 122 Å². The Morgan fingerprint density at radius 3 is 2.76 bits per heavy atom. The maximum Gasteiger partial charge on any atom is 0.337 e. The van der Waals surface area contributed by atoms with Crippen LogP contribution in [0.3, 0.4) is 0 Å². The van der Waals surface area contributed by atoms with Crippen LogP contribution in [-0.2, 0) is 4.74 Å². The molecule has 7 heteroatoms. The number of carbonyl (C=O) groups excluding carboxylic acids is 1. The second-order valence-corrected chi connectivity index (χ2v) is 4.31. The van der Waals surface area contributed by atoms with Crippen molar-refractivity contribution in [2.45, 2.75) is 19.8 Å². The van der Waals surface area contributed by atoms with Crippen LogP contribution in [0.2, 0.25) is 0 Å². The number of halogens is 1. The maximum atomic E-state index is 13.6. The van der Waals surface area contributed by atoms with Gasteiger partial charge in [0.25, 0.3) is 0 Å². The van der Waals surface area contributed by atoms with E-state index in [4.69, 9.17) is 9.84 Å². The van der Waals surface area contributed by atoms with Crippen molar-refractivity contribution < 1.29 is 23.8 Å². The Morgan fingerprint density at radius 1 is 1.33 bits per heavy atom. The molecule has 6 nitrogen and oxygen atoms in total. The molecule has 0 aromatic heterocycles. The summed E-state index contributed by atoms with van der Waals surface area (Å²) in [5, 5.41) is 13.7. The summed E-state index contributed by atoms with van der Waals surface area (Å²) in [6, 6.07) is 2.92. The second-order valence-electron chi connectivity index (χ2n) is 4.31. The molecule has 1 aromatic carbocycles. The molecule has 21 heavy (non-hydrogen) atoms. The van der Waals surface area contributed by atoms with E-state index in [1.54, 1.807) is 0 Å². The van der Waals surface area contributed by atoms with Crippen LogP contribution in [0.25, 0.3) is 0 Å². The first-order chi connectivity index (χ1) is 10.1. The lowest BCUT2D eigenvalue weighted by atomic mass is 10.1. The van der Waals surface area contributed by atoms with Crippen molar-refractivity contribution in [3.63, 3.8) is 0 Å². The maximum absolute atomic E-state index is 13.6. The fourth-order valence-electron chi connectivity index (χ4n) is 1.61. The molecule has 0 heterocycles. The molecule has 1 rings (SSSR count). The first-order valence-electron chi connectivity index (χ1n) is 6.70. The quantitative estimate of drug-likeness (QED) is 0.643. The molecule has 2 amide bonds. The number of rotatable bonds is 8. The van der Waals surface area contributed by atoms with E-state index >= 15 is 0 Å². The minimum Gasteiger partial charge on any atom is -0.478 e. The van der Waals surface area contributed by atoms with Crippen molar-refractivity contribution in [1.82, 2.24) is 5.32 Å². The number of carboxylic acid groups (broad SMARTS) is 1. The highest BCUT2D eigenvalue weighted by molar-refractivity contribution is 6.00. The summed E-state index contributed by atoms with van der Waals surface area (Å²) >= 11 is 0. The molecule has 0 bridgehead atoms. The monoisotopic (exact) mass is 298 g/mol. The van der Waals surface area contributed by atoms with Gasteiger partial charge in [-0.15, -0.1) is 0 Å². The Hall–Kier alpha value is -2.15. The summed E-state index contributed by atoms with van der Waals surface area (Å²) in [5.41, 5.74) is -0.638. The number of amides is 2. The van der Waals surface area contributed by atoms with E-state index in [-0.39, 0.29) is 11.3 Å². The molecule has 0 unspecified atom stereocenters. The lowest BCUT2D eigenvalue weighted by Gasteiger charge is -2.10. The van der Waals surface area contributed by atoms with Crippen molar-refractivity contribution in [1.29, 1.82) is 0 Å². The summed E-state index contributed by atoms with van der Waals surface area (Å²) in [5.74, 6) is -2.10. The zero-order valence-electron chi connectivity index (χ0n) is 11.8. The van der Waals surface area contributed by atoms with Gasteiger partial charge in [0.1, 0.15) is 5.82 Å². The van der Waals surface area contributed by atoms with Gasteiger partial charge in [-0.2, -0.15) is 0 Å². The number of carboxylic acids is 1. The average Bonchev–Trinajstić information content (AvgIpc) is 2.44. The van der Waals surface area contributed by atoms with Crippen LogP contribution in [0, 0.1) is 5.82 Å². The fraction of sp³-hybridized carbons (Fsp3) is 0.429. The number of hydrogen-bond acceptors (Lipinski definition) is 3. The van der Waals surface area contributed by atoms with Crippen molar-refractivity contribution >= 4 is 17.7 Å². The molecular weight excluding hydrogens is 279 g/mol. The molecule has 0 fully saturated rings. The summed E-state index contributed by atoms with van der Waals surface area (Å²) < 4.78 is 18.8. The molecule has 0 radical (unpaired) electrons. The number of ether oxygens (including phenoxy) is 1. The van der Waals surface area contributed by atoms with E-state index in [0.717, 1.165) is 12.5 Å². The van der Waals surface area contributed by atoms with Gasteiger partial charge in [-0.05, 0) is 25.0 Å². The average molecular weight is 298 g/mol. The van der Waals surface area contributed by atoms with Crippen LogP contribution in [0.4, 0.5) is 14.9 Å². The van der Waals surface area contributed by atoms with Gasteiger partial charge in [0.2, 0.25) is 0 Å². The van der Waals surface area contributed by atoms with Gasteiger partial charge in [0.05, 0.1) is 11.3 Å². The molecule has 0 saturated heterocycles. The van der Waals surface area contributed by atoms with Gasteiger partial charge in [-0.25, -0.2) is 14.0 Å². The molecule has 0 aliphatic carbocycles. The third-order valence-electron chi connectivity index (χ3n) is 2.58. The molecular formula is C14H19FN2O4. The van der Waals surface area contributed by atoms with E-state index in [2.05, 4.69) is 10.6 Å². The summed E-state index contributed by atoms with van der Waals surface area (Å²) in [4.78, 5) is 22.6. The predicted molar refractivity (Wildman–Crippen MR) is 76.1 cm³/mol. The number of para-hydroxylation sites is 1. The number of nitrogens with one attached hydrogen (secondary N) is 2. The third-order valence-corrected chi connectivity index (χ3v) is 2.58. The van der Waals surface area contributed by atoms with Gasteiger partial charge >= 0.3 is 12.0 Å². The number of aromatic carboxylic acids is 1. The topological polar surface area (TPSA) is 87.7 Å². The fourth-order valence-corrected chi connectivity index (χ4v) is 1.61. The lowest BCUT2D eigenvalue weighted by Crippen LogP contribution is -2.31. The van der Waals surface area contributed by atoms with Crippen LogP contribution >= 0.6 is 0 Å². The SMILES string of the molecule is CCCOCCCNC(=O)Nc1c(F)cccc1C(=O)O. The van der Waals surface area contributed by atoms with Crippen LogP contribution in [0.1, 0.15) is 30.1 Å². The molecule has 3 N–H and O–H groups in total. The van der Waals surface area contributed by atoms with Crippen LogP contribution in [0.15, 0.2) is 18.2 Å². The molecule has 1 aromatic rings. The zero-order chi connectivity index (χ0) is 15.7. The van der Waals surface area contributed by atoms with E-state index < -0.39 is 17.8 Å². The van der Waals surface area contributed by atoms with E-state index in [1.165, 1.54) is 12.1 Å². The van der Waals surface area contributed by atoms with E-state index in [0.29, 0.717) is 26.2 Å². The molecule has 0 spiro atoms. The highest BCUT2D eigenvalue weighted by Gasteiger charge is 2.16. The molecule has 0 saturated carbocycles. The van der Waals surface area contributed by atoms with Gasteiger partial charge in [0, 0.05) is 19.8 Å². The summed E-state index contributed by atoms with van der Waals surface area (Å²) in [6.07, 6.45) is 1.55. The first kappa shape index (κ1) is 16.9. The third kappa shape index (κ3) is 5.78. The zero-order valence-corrected chi connectivity index (χ0v) is 11.8. The normalized spacial score (nSPS) is 10.2. The number of urea groups is 1. The predicted octanol–water partition coefficient (Wildman–Crippen LogP) is 2.46. The van der Waals surface area contributed by atoms with Crippen LogP contribution in [0.5, 0.6) is 0 Å². The number of benzene rings is 1. The van der Waals surface area contributed by atoms with E-state index in [1.807, 2.05) is 6.92 Å². The van der Waals surface area contributed by atoms with Crippen LogP contribution in [-0.4, -0.2) is 36.9 Å². The first-order valence-corrected chi connectivity index (χ1v) is 6.70. The molecule has 0 aliphatic rings. The highest BCUT2D eigenvalue weighted by atomic mass is 19.1. The Bertz CT molecular complexity index is 494.